The van der Waals surface area contributed by atoms with Gasteiger partial charge in [0, 0.05) is 27.2 Å². The molecule has 7 heteroatoms. The lowest BCUT2D eigenvalue weighted by Gasteiger charge is -2.13. The fourth-order valence-corrected chi connectivity index (χ4v) is 2.82. The molecule has 0 fully saturated rings. The summed E-state index contributed by atoms with van der Waals surface area (Å²) in [7, 11) is 1.57. The number of amides is 1. The molecule has 1 unspecified atom stereocenters. The molecule has 0 aliphatic rings. The fourth-order valence-electron chi connectivity index (χ4n) is 2.55. The molecule has 3 aromatic rings. The number of ether oxygens (including phenoxy) is 2. The summed E-state index contributed by atoms with van der Waals surface area (Å²) in [5, 5.41) is 3.51. The van der Waals surface area contributed by atoms with Crippen molar-refractivity contribution in [2.75, 3.05) is 12.4 Å². The summed E-state index contributed by atoms with van der Waals surface area (Å²) >= 11 is 3.33. The molecule has 6 nitrogen and oxygen atoms in total. The van der Waals surface area contributed by atoms with Gasteiger partial charge in [0.15, 0.2) is 6.10 Å². The van der Waals surface area contributed by atoms with Gasteiger partial charge in [-0.2, -0.15) is 0 Å². The SMILES string of the molecule is COc1ccc2c(CC(=O)OC(C)C(=O)Nc3ccc(Br)cc3)coc2c1. The van der Waals surface area contributed by atoms with Gasteiger partial charge in [0.1, 0.15) is 11.3 Å². The topological polar surface area (TPSA) is 77.8 Å². The zero-order valence-corrected chi connectivity index (χ0v) is 16.4. The van der Waals surface area contributed by atoms with Crippen LogP contribution in [0.3, 0.4) is 0 Å². The number of esters is 1. The number of rotatable bonds is 6. The zero-order valence-electron chi connectivity index (χ0n) is 14.8. The third-order valence-electron chi connectivity index (χ3n) is 3.99. The first-order valence-electron chi connectivity index (χ1n) is 8.26. The molecule has 140 valence electrons. The largest absolute Gasteiger partial charge is 0.497 e. The van der Waals surface area contributed by atoms with E-state index in [1.807, 2.05) is 18.2 Å². The Morgan fingerprint density at radius 3 is 2.63 bits per heavy atom. The zero-order chi connectivity index (χ0) is 19.4. The van der Waals surface area contributed by atoms with Crippen LogP contribution in [0.25, 0.3) is 11.0 Å². The van der Waals surface area contributed by atoms with Gasteiger partial charge < -0.3 is 19.2 Å². The summed E-state index contributed by atoms with van der Waals surface area (Å²) in [4.78, 5) is 24.4. The van der Waals surface area contributed by atoms with E-state index in [1.165, 1.54) is 13.2 Å². The number of carbonyl (C=O) groups is 2. The molecular formula is C20H18BrNO5. The Morgan fingerprint density at radius 1 is 1.19 bits per heavy atom. The monoisotopic (exact) mass is 431 g/mol. The highest BCUT2D eigenvalue weighted by Gasteiger charge is 2.19. The van der Waals surface area contributed by atoms with Gasteiger partial charge in [-0.25, -0.2) is 0 Å². The minimum absolute atomic E-state index is 0.00916. The number of halogens is 1. The second-order valence-corrected chi connectivity index (χ2v) is 6.84. The van der Waals surface area contributed by atoms with Crippen LogP contribution in [0.15, 0.2) is 57.6 Å². The first-order chi connectivity index (χ1) is 13.0. The van der Waals surface area contributed by atoms with Crippen molar-refractivity contribution >= 4 is 44.5 Å². The number of methoxy groups -OCH3 is 1. The predicted octanol–water partition coefficient (Wildman–Crippen LogP) is 4.32. The van der Waals surface area contributed by atoms with E-state index in [0.717, 1.165) is 9.86 Å². The van der Waals surface area contributed by atoms with E-state index in [0.29, 0.717) is 22.6 Å². The van der Waals surface area contributed by atoms with Crippen LogP contribution in [-0.2, 0) is 20.7 Å². The fraction of sp³-hybridized carbons (Fsp3) is 0.200. The van der Waals surface area contributed by atoms with Crippen LogP contribution in [0.1, 0.15) is 12.5 Å². The van der Waals surface area contributed by atoms with Crippen LogP contribution < -0.4 is 10.1 Å². The van der Waals surface area contributed by atoms with Gasteiger partial charge in [0.25, 0.3) is 5.91 Å². The van der Waals surface area contributed by atoms with Gasteiger partial charge >= 0.3 is 5.97 Å². The molecule has 1 amide bonds. The standard InChI is InChI=1S/C20H18BrNO5/c1-12(20(24)22-15-5-3-14(21)4-6-15)27-19(23)9-13-11-26-18-10-16(25-2)7-8-17(13)18/h3-8,10-12H,9H2,1-2H3,(H,22,24). The maximum absolute atomic E-state index is 12.2. The average Bonchev–Trinajstić information content (AvgIpc) is 3.05. The number of anilines is 1. The number of benzene rings is 2. The maximum Gasteiger partial charge on any atom is 0.311 e. The van der Waals surface area contributed by atoms with Crippen molar-refractivity contribution in [2.45, 2.75) is 19.4 Å². The van der Waals surface area contributed by atoms with Crippen molar-refractivity contribution in [3.8, 4) is 5.75 Å². The number of hydrogen-bond acceptors (Lipinski definition) is 5. The Bertz CT molecular complexity index is 964. The van der Waals surface area contributed by atoms with Crippen molar-refractivity contribution in [1.29, 1.82) is 0 Å². The van der Waals surface area contributed by atoms with E-state index in [1.54, 1.807) is 31.4 Å². The molecule has 0 aliphatic heterocycles. The summed E-state index contributed by atoms with van der Waals surface area (Å²) in [6.07, 6.45) is 0.604. The van der Waals surface area contributed by atoms with Crippen molar-refractivity contribution in [1.82, 2.24) is 0 Å². The summed E-state index contributed by atoms with van der Waals surface area (Å²) < 4.78 is 16.8. The Balaban J connectivity index is 1.60. The molecule has 0 bridgehead atoms. The number of nitrogens with one attached hydrogen (secondary N) is 1. The average molecular weight is 432 g/mol. The highest BCUT2D eigenvalue weighted by Crippen LogP contribution is 2.26. The molecular weight excluding hydrogens is 414 g/mol. The quantitative estimate of drug-likeness (QED) is 0.588. The molecule has 1 aromatic heterocycles. The van der Waals surface area contributed by atoms with Crippen LogP contribution in [0, 0.1) is 0 Å². The highest BCUT2D eigenvalue weighted by molar-refractivity contribution is 9.10. The van der Waals surface area contributed by atoms with Crippen molar-refractivity contribution in [3.63, 3.8) is 0 Å². The lowest BCUT2D eigenvalue weighted by Crippen LogP contribution is -2.30. The van der Waals surface area contributed by atoms with E-state index in [-0.39, 0.29) is 6.42 Å². The number of carbonyl (C=O) groups excluding carboxylic acids is 2. The third kappa shape index (κ3) is 4.68. The second-order valence-electron chi connectivity index (χ2n) is 5.93. The summed E-state index contributed by atoms with van der Waals surface area (Å²) in [5.74, 6) is -0.233. The van der Waals surface area contributed by atoms with E-state index in [4.69, 9.17) is 13.9 Å². The summed E-state index contributed by atoms with van der Waals surface area (Å²) in [5.41, 5.74) is 1.94. The normalized spacial score (nSPS) is 11.8. The minimum Gasteiger partial charge on any atom is -0.497 e. The molecule has 1 heterocycles. The van der Waals surface area contributed by atoms with Crippen LogP contribution in [0.4, 0.5) is 5.69 Å². The molecule has 3 rings (SSSR count). The van der Waals surface area contributed by atoms with Gasteiger partial charge in [-0.1, -0.05) is 15.9 Å². The number of hydrogen-bond donors (Lipinski definition) is 1. The molecule has 0 saturated heterocycles. The minimum atomic E-state index is -0.917. The first-order valence-corrected chi connectivity index (χ1v) is 9.05. The van der Waals surface area contributed by atoms with Gasteiger partial charge in [0.05, 0.1) is 19.8 Å². The van der Waals surface area contributed by atoms with E-state index >= 15 is 0 Å². The summed E-state index contributed by atoms with van der Waals surface area (Å²) in [6.45, 7) is 1.53. The highest BCUT2D eigenvalue weighted by atomic mass is 79.9. The number of fused-ring (bicyclic) bond motifs is 1. The Morgan fingerprint density at radius 2 is 1.93 bits per heavy atom. The molecule has 1 atom stereocenters. The van der Waals surface area contributed by atoms with Gasteiger partial charge in [-0.15, -0.1) is 0 Å². The molecule has 0 saturated carbocycles. The van der Waals surface area contributed by atoms with E-state index in [9.17, 15) is 9.59 Å². The first kappa shape index (κ1) is 19.0. The Hall–Kier alpha value is -2.80. The third-order valence-corrected chi connectivity index (χ3v) is 4.52. The van der Waals surface area contributed by atoms with Crippen LogP contribution in [-0.4, -0.2) is 25.1 Å². The van der Waals surface area contributed by atoms with Gasteiger partial charge in [-0.3, -0.25) is 9.59 Å². The van der Waals surface area contributed by atoms with Crippen molar-refractivity contribution in [3.05, 3.63) is 58.8 Å². The molecule has 1 N–H and O–H groups in total. The lowest BCUT2D eigenvalue weighted by molar-refractivity contribution is -0.152. The Labute approximate surface area is 164 Å². The maximum atomic E-state index is 12.2. The molecule has 0 aliphatic carbocycles. The van der Waals surface area contributed by atoms with Crippen LogP contribution in [0.5, 0.6) is 5.75 Å². The molecule has 2 aromatic carbocycles. The Kier molecular flexibility index (Phi) is 5.81. The van der Waals surface area contributed by atoms with E-state index in [2.05, 4.69) is 21.2 Å². The van der Waals surface area contributed by atoms with E-state index < -0.39 is 18.0 Å². The van der Waals surface area contributed by atoms with Crippen molar-refractivity contribution < 1.29 is 23.5 Å². The predicted molar refractivity (Wildman–Crippen MR) is 105 cm³/mol. The lowest BCUT2D eigenvalue weighted by atomic mass is 10.1. The smallest absolute Gasteiger partial charge is 0.311 e. The van der Waals surface area contributed by atoms with Crippen LogP contribution in [0.2, 0.25) is 0 Å². The van der Waals surface area contributed by atoms with Crippen molar-refractivity contribution in [2.24, 2.45) is 0 Å². The van der Waals surface area contributed by atoms with Gasteiger partial charge in [0.2, 0.25) is 0 Å². The molecule has 0 spiro atoms. The van der Waals surface area contributed by atoms with Crippen LogP contribution >= 0.6 is 15.9 Å². The second kappa shape index (κ2) is 8.26. The molecule has 0 radical (unpaired) electrons. The molecule has 27 heavy (non-hydrogen) atoms. The summed E-state index contributed by atoms with van der Waals surface area (Å²) in [6, 6.07) is 12.5. The van der Waals surface area contributed by atoms with Gasteiger partial charge in [-0.05, 0) is 43.3 Å². The number of furan rings is 1.